The van der Waals surface area contributed by atoms with Crippen LogP contribution >= 0.6 is 0 Å². The Morgan fingerprint density at radius 2 is 2.31 bits per heavy atom. The molecule has 4 rings (SSSR count). The van der Waals surface area contributed by atoms with Crippen LogP contribution in [0.3, 0.4) is 0 Å². The van der Waals surface area contributed by atoms with Gasteiger partial charge in [0.15, 0.2) is 0 Å². The lowest BCUT2D eigenvalue weighted by atomic mass is 9.86. The largest absolute Gasteiger partial charge is 0.497 e. The van der Waals surface area contributed by atoms with Gasteiger partial charge in [-0.3, -0.25) is 9.63 Å². The van der Waals surface area contributed by atoms with E-state index in [2.05, 4.69) is 14.6 Å². The van der Waals surface area contributed by atoms with Crippen LogP contribution in [0.1, 0.15) is 30.1 Å². The molecule has 26 heavy (non-hydrogen) atoms. The quantitative estimate of drug-likeness (QED) is 0.469. The summed E-state index contributed by atoms with van der Waals surface area (Å²) in [5.41, 5.74) is 12.1. The second-order valence-electron chi connectivity index (χ2n) is 6.75. The second kappa shape index (κ2) is 6.64. The van der Waals surface area contributed by atoms with Gasteiger partial charge >= 0.3 is 0 Å². The Morgan fingerprint density at radius 3 is 3.08 bits per heavy atom. The van der Waals surface area contributed by atoms with Crippen molar-refractivity contribution in [1.29, 1.82) is 0 Å². The molecule has 0 spiro atoms. The van der Waals surface area contributed by atoms with Crippen LogP contribution in [0.2, 0.25) is 0 Å². The number of hydrogen-bond acceptors (Lipinski definition) is 4. The topological polar surface area (TPSA) is 92.5 Å². The molecular weight excluding hydrogens is 334 g/mol. The number of azide groups is 1. The van der Waals surface area contributed by atoms with E-state index in [0.717, 1.165) is 35.2 Å². The van der Waals surface area contributed by atoms with Gasteiger partial charge in [0.1, 0.15) is 5.75 Å². The molecule has 2 aliphatic rings. The molecule has 2 aromatic rings. The smallest absolute Gasteiger partial charge is 0.224 e. The molecule has 1 aromatic heterocycles. The van der Waals surface area contributed by atoms with Gasteiger partial charge in [-0.25, -0.2) is 0 Å². The number of aromatic nitrogens is 1. The highest BCUT2D eigenvalue weighted by Crippen LogP contribution is 2.44. The first-order valence-corrected chi connectivity index (χ1v) is 8.79. The average molecular weight is 355 g/mol. The summed E-state index contributed by atoms with van der Waals surface area (Å²) < 4.78 is 7.52. The van der Waals surface area contributed by atoms with E-state index in [1.54, 1.807) is 7.11 Å². The van der Waals surface area contributed by atoms with Crippen LogP contribution in [0.25, 0.3) is 21.3 Å². The van der Waals surface area contributed by atoms with Crippen molar-refractivity contribution < 1.29 is 14.4 Å². The summed E-state index contributed by atoms with van der Waals surface area (Å²) in [6, 6.07) is 5.78. The summed E-state index contributed by atoms with van der Waals surface area (Å²) in [5, 5.41) is 6.44. The van der Waals surface area contributed by atoms with Gasteiger partial charge in [-0.2, -0.15) is 5.06 Å². The van der Waals surface area contributed by atoms with Crippen molar-refractivity contribution >= 4 is 16.8 Å². The Hall–Kier alpha value is -2.54. The van der Waals surface area contributed by atoms with Crippen LogP contribution in [0.15, 0.2) is 23.3 Å². The monoisotopic (exact) mass is 355 g/mol. The van der Waals surface area contributed by atoms with Gasteiger partial charge in [-0.05, 0) is 53.7 Å². The van der Waals surface area contributed by atoms with Gasteiger partial charge in [-0.15, -0.1) is 0 Å². The molecule has 0 bridgehead atoms. The number of rotatable bonds is 2. The van der Waals surface area contributed by atoms with Gasteiger partial charge < -0.3 is 9.30 Å². The fraction of sp³-hybridized carbons (Fsp3) is 0.500. The Bertz CT molecular complexity index is 915. The SMILES string of the molecule is COc1ccc2c(c1)c1c(n2C)[C@@H]2[C@H](C(=O)N=[N+]=[N-])CCCON2CC1. The van der Waals surface area contributed by atoms with E-state index in [1.165, 1.54) is 5.56 Å². The fourth-order valence-electron chi connectivity index (χ4n) is 4.34. The zero-order valence-electron chi connectivity index (χ0n) is 14.9. The number of nitrogens with zero attached hydrogens (tertiary/aromatic N) is 5. The zero-order chi connectivity index (χ0) is 18.3. The summed E-state index contributed by atoms with van der Waals surface area (Å²) in [6.07, 6.45) is 2.24. The molecule has 8 nitrogen and oxygen atoms in total. The number of hydrogen-bond donors (Lipinski definition) is 0. The fourth-order valence-corrected chi connectivity index (χ4v) is 4.34. The maximum absolute atomic E-state index is 12.5. The van der Waals surface area contributed by atoms with Crippen molar-refractivity contribution in [2.45, 2.75) is 25.3 Å². The van der Waals surface area contributed by atoms with Crippen molar-refractivity contribution in [2.75, 3.05) is 20.3 Å². The molecule has 0 N–H and O–H groups in total. The Kier molecular flexibility index (Phi) is 4.32. The molecule has 1 saturated heterocycles. The second-order valence-corrected chi connectivity index (χ2v) is 6.75. The third-order valence-corrected chi connectivity index (χ3v) is 5.49. The Balaban J connectivity index is 1.91. The molecule has 1 amide bonds. The number of ether oxygens (including phenoxy) is 1. The molecule has 8 heteroatoms. The molecule has 2 atom stereocenters. The first-order chi connectivity index (χ1) is 12.7. The minimum atomic E-state index is -0.413. The van der Waals surface area contributed by atoms with Crippen LogP contribution in [0.5, 0.6) is 5.75 Å². The summed E-state index contributed by atoms with van der Waals surface area (Å²) in [5.74, 6) is -0.00630. The number of hydroxylamine groups is 2. The molecule has 0 saturated carbocycles. The first kappa shape index (κ1) is 16.9. The van der Waals surface area contributed by atoms with Crippen molar-refractivity contribution in [1.82, 2.24) is 9.63 Å². The predicted molar refractivity (Wildman–Crippen MR) is 95.5 cm³/mol. The van der Waals surface area contributed by atoms with Crippen molar-refractivity contribution in [2.24, 2.45) is 18.1 Å². The zero-order valence-corrected chi connectivity index (χ0v) is 14.9. The molecule has 136 valence electrons. The van der Waals surface area contributed by atoms with Crippen molar-refractivity contribution in [3.8, 4) is 5.75 Å². The average Bonchev–Trinajstić information content (AvgIpc) is 2.81. The number of carbonyl (C=O) groups excluding carboxylic acids is 1. The highest BCUT2D eigenvalue weighted by molar-refractivity contribution is 5.88. The van der Waals surface area contributed by atoms with Gasteiger partial charge in [0.25, 0.3) is 0 Å². The summed E-state index contributed by atoms with van der Waals surface area (Å²) in [4.78, 5) is 21.2. The van der Waals surface area contributed by atoms with Crippen LogP contribution in [0.4, 0.5) is 0 Å². The highest BCUT2D eigenvalue weighted by atomic mass is 16.7. The third kappa shape index (κ3) is 2.54. The Labute approximate surface area is 150 Å². The van der Waals surface area contributed by atoms with Crippen LogP contribution < -0.4 is 4.74 Å². The maximum Gasteiger partial charge on any atom is 0.224 e. The minimum absolute atomic E-state index is 0.248. The first-order valence-electron chi connectivity index (χ1n) is 8.79. The maximum atomic E-state index is 12.5. The molecule has 1 aromatic carbocycles. The number of aryl methyl sites for hydroxylation is 1. The lowest BCUT2D eigenvalue weighted by Crippen LogP contribution is -2.40. The summed E-state index contributed by atoms with van der Waals surface area (Å²) >= 11 is 0. The number of benzene rings is 1. The van der Waals surface area contributed by atoms with E-state index >= 15 is 0 Å². The van der Waals surface area contributed by atoms with Crippen molar-refractivity contribution in [3.63, 3.8) is 0 Å². The molecule has 0 aliphatic carbocycles. The standard InChI is InChI=1S/C18H21N5O3/c1-22-15-6-5-11(25-2)10-14(15)12-7-8-23-17(16(12)22)13(4-3-9-26-23)18(24)20-21-19/h5-6,10,13,17H,3-4,7-9H2,1-2H3/t13-,17+/m1/s1. The number of carbonyl (C=O) groups is 1. The lowest BCUT2D eigenvalue weighted by molar-refractivity contribution is -0.193. The third-order valence-electron chi connectivity index (χ3n) is 5.49. The van der Waals surface area contributed by atoms with E-state index in [9.17, 15) is 4.79 Å². The predicted octanol–water partition coefficient (Wildman–Crippen LogP) is 3.26. The lowest BCUT2D eigenvalue weighted by Gasteiger charge is -2.37. The number of amides is 1. The number of fused-ring (bicyclic) bond motifs is 5. The molecule has 0 radical (unpaired) electrons. The van der Waals surface area contributed by atoms with Crippen molar-refractivity contribution in [3.05, 3.63) is 39.9 Å². The molecular formula is C18H21N5O3. The van der Waals surface area contributed by atoms with E-state index in [4.69, 9.17) is 15.1 Å². The Morgan fingerprint density at radius 1 is 1.46 bits per heavy atom. The molecule has 1 fully saturated rings. The van der Waals surface area contributed by atoms with Crippen LogP contribution in [0, 0.1) is 5.92 Å². The van der Waals surface area contributed by atoms with Crippen LogP contribution in [-0.4, -0.2) is 35.8 Å². The summed E-state index contributed by atoms with van der Waals surface area (Å²) in [7, 11) is 3.67. The van der Waals surface area contributed by atoms with E-state index in [1.807, 2.05) is 30.3 Å². The van der Waals surface area contributed by atoms with E-state index < -0.39 is 11.8 Å². The molecule has 2 aliphatic heterocycles. The van der Waals surface area contributed by atoms with Crippen LogP contribution in [-0.2, 0) is 23.1 Å². The van der Waals surface area contributed by atoms with E-state index in [0.29, 0.717) is 19.6 Å². The van der Waals surface area contributed by atoms with Gasteiger partial charge in [0.2, 0.25) is 5.91 Å². The normalized spacial score (nSPS) is 22.8. The van der Waals surface area contributed by atoms with Gasteiger partial charge in [0.05, 0.1) is 19.8 Å². The number of methoxy groups -OCH3 is 1. The minimum Gasteiger partial charge on any atom is -0.497 e. The highest BCUT2D eigenvalue weighted by Gasteiger charge is 2.42. The van der Waals surface area contributed by atoms with Gasteiger partial charge in [0, 0.05) is 41.0 Å². The summed E-state index contributed by atoms with van der Waals surface area (Å²) in [6.45, 7) is 1.28. The van der Waals surface area contributed by atoms with Gasteiger partial charge in [-0.1, -0.05) is 0 Å². The van der Waals surface area contributed by atoms with E-state index in [-0.39, 0.29) is 6.04 Å². The molecule has 3 heterocycles. The molecule has 0 unspecified atom stereocenters.